The molecule has 1 aliphatic heterocycles. The van der Waals surface area contributed by atoms with Gasteiger partial charge in [0.2, 0.25) is 0 Å². The van der Waals surface area contributed by atoms with E-state index in [1.807, 2.05) is 26.0 Å². The third-order valence-corrected chi connectivity index (χ3v) is 10.4. The Labute approximate surface area is 169 Å². The van der Waals surface area contributed by atoms with Crippen LogP contribution in [-0.4, -0.2) is 44.6 Å². The van der Waals surface area contributed by atoms with Crippen molar-refractivity contribution in [1.29, 1.82) is 0 Å². The zero-order chi connectivity index (χ0) is 20.4. The molecule has 28 heavy (non-hydrogen) atoms. The zero-order valence-corrected chi connectivity index (χ0v) is 18.5. The summed E-state index contributed by atoms with van der Waals surface area (Å²) in [6.07, 6.45) is -1.13. The van der Waals surface area contributed by atoms with E-state index >= 15 is 0 Å². The van der Waals surface area contributed by atoms with Gasteiger partial charge in [0, 0.05) is 0 Å². The molecule has 1 aliphatic rings. The molecule has 152 valence electrons. The number of hydrogen-bond acceptors (Lipinski definition) is 4. The maximum atomic E-state index is 10.8. The second-order valence-electron chi connectivity index (χ2n) is 8.91. The van der Waals surface area contributed by atoms with Gasteiger partial charge in [-0.05, 0) is 29.3 Å². The Kier molecular flexibility index (Phi) is 6.13. The molecule has 0 aliphatic carbocycles. The Bertz CT molecular complexity index is 716. The number of benzene rings is 2. The summed E-state index contributed by atoms with van der Waals surface area (Å²) < 4.78 is 18.2. The average molecular weight is 401 g/mol. The van der Waals surface area contributed by atoms with Crippen LogP contribution >= 0.6 is 0 Å². The Hall–Kier alpha value is -1.50. The first-order valence-electron chi connectivity index (χ1n) is 9.90. The van der Waals surface area contributed by atoms with Crippen LogP contribution in [0.4, 0.5) is 0 Å². The molecule has 2 aromatic rings. The molecule has 1 saturated heterocycles. The van der Waals surface area contributed by atoms with Gasteiger partial charge in [-0.1, -0.05) is 81.4 Å². The molecule has 2 atom stereocenters. The lowest BCUT2D eigenvalue weighted by Gasteiger charge is -2.43. The van der Waals surface area contributed by atoms with Crippen LogP contribution in [0.5, 0.6) is 0 Å². The van der Waals surface area contributed by atoms with Crippen molar-refractivity contribution in [3.8, 4) is 0 Å². The third-order valence-electron chi connectivity index (χ3n) is 5.35. The fourth-order valence-corrected chi connectivity index (χ4v) is 8.56. The van der Waals surface area contributed by atoms with E-state index in [-0.39, 0.29) is 17.7 Å². The standard InChI is InChI=1S/C23H32O4Si/c1-22(2,3)28(18-12-8-6-9-13-18,19-14-10-7-11-15-19)26-16-20(24)21-17-25-23(4,5)27-21/h6-15,20-21,24H,16-17H2,1-5H3/t20-,21+/m0/s1. The lowest BCUT2D eigenvalue weighted by atomic mass is 10.2. The maximum absolute atomic E-state index is 10.8. The van der Waals surface area contributed by atoms with Gasteiger partial charge >= 0.3 is 0 Å². The van der Waals surface area contributed by atoms with Crippen molar-refractivity contribution in [3.05, 3.63) is 60.7 Å². The Balaban J connectivity index is 1.95. The van der Waals surface area contributed by atoms with Crippen molar-refractivity contribution in [1.82, 2.24) is 0 Å². The number of aliphatic hydroxyl groups is 1. The van der Waals surface area contributed by atoms with Crippen molar-refractivity contribution >= 4 is 18.7 Å². The molecule has 1 N–H and O–H groups in total. The minimum Gasteiger partial charge on any atom is -0.405 e. The van der Waals surface area contributed by atoms with Crippen LogP contribution in [-0.2, 0) is 13.9 Å². The van der Waals surface area contributed by atoms with Crippen LogP contribution in [0.15, 0.2) is 60.7 Å². The molecule has 0 spiro atoms. The summed E-state index contributed by atoms with van der Waals surface area (Å²) in [6.45, 7) is 11.0. The van der Waals surface area contributed by atoms with Crippen LogP contribution in [0.3, 0.4) is 0 Å². The molecule has 1 fully saturated rings. The van der Waals surface area contributed by atoms with Gasteiger partial charge in [0.1, 0.15) is 12.2 Å². The number of hydrogen-bond donors (Lipinski definition) is 1. The van der Waals surface area contributed by atoms with E-state index < -0.39 is 20.2 Å². The van der Waals surface area contributed by atoms with E-state index in [1.54, 1.807) is 0 Å². The Morgan fingerprint density at radius 2 is 1.54 bits per heavy atom. The molecule has 2 aromatic carbocycles. The minimum absolute atomic E-state index is 0.123. The minimum atomic E-state index is -2.66. The quantitative estimate of drug-likeness (QED) is 0.757. The molecule has 4 nitrogen and oxygen atoms in total. The van der Waals surface area contributed by atoms with Gasteiger partial charge in [-0.15, -0.1) is 0 Å². The van der Waals surface area contributed by atoms with E-state index in [2.05, 4.69) is 69.3 Å². The van der Waals surface area contributed by atoms with Crippen molar-refractivity contribution in [2.24, 2.45) is 0 Å². The monoisotopic (exact) mass is 400 g/mol. The van der Waals surface area contributed by atoms with Crippen LogP contribution in [0.2, 0.25) is 5.04 Å². The average Bonchev–Trinajstić information content (AvgIpc) is 3.03. The highest BCUT2D eigenvalue weighted by Crippen LogP contribution is 2.37. The van der Waals surface area contributed by atoms with Crippen molar-refractivity contribution in [3.63, 3.8) is 0 Å². The molecule has 5 heteroatoms. The van der Waals surface area contributed by atoms with Crippen LogP contribution in [0.1, 0.15) is 34.6 Å². The van der Waals surface area contributed by atoms with Crippen LogP contribution < -0.4 is 10.4 Å². The summed E-state index contributed by atoms with van der Waals surface area (Å²) >= 11 is 0. The second-order valence-corrected chi connectivity index (χ2v) is 13.2. The Morgan fingerprint density at radius 3 is 1.93 bits per heavy atom. The van der Waals surface area contributed by atoms with Crippen LogP contribution in [0.25, 0.3) is 0 Å². The SMILES string of the molecule is CC1(C)OC[C@H]([C@@H](O)CO[Si](c2ccccc2)(c2ccccc2)C(C)(C)C)O1. The number of rotatable bonds is 6. The molecular weight excluding hydrogens is 368 g/mol. The molecule has 1 heterocycles. The van der Waals surface area contributed by atoms with Gasteiger partial charge in [0.25, 0.3) is 8.32 Å². The van der Waals surface area contributed by atoms with E-state index in [9.17, 15) is 5.11 Å². The highest BCUT2D eigenvalue weighted by Gasteiger charge is 2.51. The van der Waals surface area contributed by atoms with E-state index in [0.717, 1.165) is 0 Å². The smallest absolute Gasteiger partial charge is 0.261 e. The largest absolute Gasteiger partial charge is 0.405 e. The third kappa shape index (κ3) is 4.24. The summed E-state index contributed by atoms with van der Waals surface area (Å²) in [5, 5.41) is 13.1. The first-order valence-corrected chi connectivity index (χ1v) is 11.8. The van der Waals surface area contributed by atoms with Crippen molar-refractivity contribution in [2.75, 3.05) is 13.2 Å². The number of ether oxygens (including phenoxy) is 2. The van der Waals surface area contributed by atoms with Gasteiger partial charge < -0.3 is 19.0 Å². The fourth-order valence-electron chi connectivity index (χ4n) is 3.98. The zero-order valence-electron chi connectivity index (χ0n) is 17.5. The second kappa shape index (κ2) is 8.09. The predicted octanol–water partition coefficient (Wildman–Crippen LogP) is 3.08. The van der Waals surface area contributed by atoms with Gasteiger partial charge in [0.15, 0.2) is 5.79 Å². The van der Waals surface area contributed by atoms with Gasteiger partial charge in [-0.25, -0.2) is 0 Å². The van der Waals surface area contributed by atoms with E-state index in [0.29, 0.717) is 6.61 Å². The molecule has 0 bridgehead atoms. The summed E-state index contributed by atoms with van der Waals surface area (Å²) in [5.41, 5.74) is 0. The Morgan fingerprint density at radius 1 is 1.04 bits per heavy atom. The lowest BCUT2D eigenvalue weighted by Crippen LogP contribution is -2.67. The van der Waals surface area contributed by atoms with Crippen molar-refractivity contribution in [2.45, 2.75) is 57.7 Å². The molecular formula is C23H32O4Si. The van der Waals surface area contributed by atoms with Gasteiger partial charge in [-0.2, -0.15) is 0 Å². The molecule has 3 rings (SSSR count). The van der Waals surface area contributed by atoms with E-state index in [1.165, 1.54) is 10.4 Å². The van der Waals surface area contributed by atoms with Gasteiger partial charge in [0.05, 0.1) is 13.2 Å². The fraction of sp³-hybridized carbons (Fsp3) is 0.478. The molecule has 0 aromatic heterocycles. The topological polar surface area (TPSA) is 47.9 Å². The first kappa shape index (κ1) is 21.2. The van der Waals surface area contributed by atoms with E-state index in [4.69, 9.17) is 13.9 Å². The van der Waals surface area contributed by atoms with Crippen LogP contribution in [0, 0.1) is 0 Å². The maximum Gasteiger partial charge on any atom is 0.261 e. The molecule has 0 radical (unpaired) electrons. The molecule has 0 unspecified atom stereocenters. The summed E-state index contributed by atoms with van der Waals surface area (Å²) in [6, 6.07) is 20.9. The summed E-state index contributed by atoms with van der Waals surface area (Å²) in [7, 11) is -2.66. The number of aliphatic hydroxyl groups excluding tert-OH is 1. The predicted molar refractivity (Wildman–Crippen MR) is 114 cm³/mol. The molecule has 0 amide bonds. The first-order chi connectivity index (χ1) is 13.2. The van der Waals surface area contributed by atoms with Gasteiger partial charge in [-0.3, -0.25) is 0 Å². The summed E-state index contributed by atoms with van der Waals surface area (Å²) in [4.78, 5) is 0. The lowest BCUT2D eigenvalue weighted by molar-refractivity contribution is -0.153. The highest BCUT2D eigenvalue weighted by atomic mass is 28.4. The normalized spacial score (nSPS) is 20.9. The summed E-state index contributed by atoms with van der Waals surface area (Å²) in [5.74, 6) is -0.664. The molecule has 0 saturated carbocycles. The highest BCUT2D eigenvalue weighted by molar-refractivity contribution is 6.99. The van der Waals surface area contributed by atoms with Crippen molar-refractivity contribution < 1.29 is 19.0 Å².